The molecule has 0 amide bonds. The summed E-state index contributed by atoms with van der Waals surface area (Å²) in [6.07, 6.45) is 2.83. The quantitative estimate of drug-likeness (QED) is 0.418. The molecule has 0 saturated carbocycles. The summed E-state index contributed by atoms with van der Waals surface area (Å²) in [7, 11) is 1.76. The van der Waals surface area contributed by atoms with Crippen LogP contribution in [0.3, 0.4) is 0 Å². The van der Waals surface area contributed by atoms with Crippen molar-refractivity contribution in [1.29, 1.82) is 0 Å². The molecule has 0 aromatic heterocycles. The highest BCUT2D eigenvalue weighted by atomic mass is 16.4. The van der Waals surface area contributed by atoms with Crippen LogP contribution in [-0.4, -0.2) is 28.8 Å². The van der Waals surface area contributed by atoms with Crippen molar-refractivity contribution >= 4 is 11.7 Å². The van der Waals surface area contributed by atoms with Crippen molar-refractivity contribution in [3.63, 3.8) is 0 Å². The van der Waals surface area contributed by atoms with E-state index in [0.29, 0.717) is 0 Å². The summed E-state index contributed by atoms with van der Waals surface area (Å²) in [5.74, 6) is -0.927. The molecule has 0 saturated heterocycles. The number of nitrogens with zero attached hydrogens (tertiary/aromatic N) is 2. The van der Waals surface area contributed by atoms with E-state index in [1.54, 1.807) is 12.1 Å². The van der Waals surface area contributed by atoms with Gasteiger partial charge in [-0.3, -0.25) is 5.01 Å². The molecule has 0 atom stereocenters. The number of hydrazone groups is 1. The Balaban J connectivity index is 4.65. The SMILES string of the molecule is CCCC(=CC(=O)O)N(C)N=C(C)C. The van der Waals surface area contributed by atoms with Crippen molar-refractivity contribution in [2.75, 3.05) is 7.05 Å². The van der Waals surface area contributed by atoms with E-state index in [4.69, 9.17) is 5.11 Å². The van der Waals surface area contributed by atoms with Crippen molar-refractivity contribution < 1.29 is 9.90 Å². The zero-order valence-corrected chi connectivity index (χ0v) is 9.24. The molecule has 0 aromatic rings. The number of rotatable bonds is 5. The number of carboxylic acid groups (broad SMARTS) is 1. The lowest BCUT2D eigenvalue weighted by atomic mass is 10.2. The maximum Gasteiger partial charge on any atom is 0.330 e. The Kier molecular flexibility index (Phi) is 5.60. The van der Waals surface area contributed by atoms with Gasteiger partial charge in [-0.2, -0.15) is 5.10 Å². The second kappa shape index (κ2) is 6.18. The molecule has 4 nitrogen and oxygen atoms in total. The Morgan fingerprint density at radius 1 is 1.50 bits per heavy atom. The van der Waals surface area contributed by atoms with E-state index in [1.165, 1.54) is 6.08 Å². The van der Waals surface area contributed by atoms with Crippen LogP contribution in [0.15, 0.2) is 16.9 Å². The highest BCUT2D eigenvalue weighted by Crippen LogP contribution is 2.09. The first-order chi connectivity index (χ1) is 6.47. The standard InChI is InChI=1S/C10H18N2O2/c1-5-6-9(7-10(13)14)12(4)11-8(2)3/h7H,5-6H2,1-4H3,(H,13,14). The van der Waals surface area contributed by atoms with E-state index >= 15 is 0 Å². The van der Waals surface area contributed by atoms with Crippen LogP contribution in [0, 0.1) is 0 Å². The van der Waals surface area contributed by atoms with Gasteiger partial charge in [0.15, 0.2) is 0 Å². The minimum atomic E-state index is -0.927. The average Bonchev–Trinajstić information content (AvgIpc) is 2.01. The van der Waals surface area contributed by atoms with Crippen molar-refractivity contribution in [1.82, 2.24) is 5.01 Å². The summed E-state index contributed by atoms with van der Waals surface area (Å²) in [6, 6.07) is 0. The van der Waals surface area contributed by atoms with E-state index < -0.39 is 5.97 Å². The normalized spacial score (nSPS) is 11.0. The largest absolute Gasteiger partial charge is 0.478 e. The molecular weight excluding hydrogens is 180 g/mol. The van der Waals surface area contributed by atoms with Gasteiger partial charge in [-0.25, -0.2) is 4.79 Å². The third-order valence-electron chi connectivity index (χ3n) is 1.56. The smallest absolute Gasteiger partial charge is 0.330 e. The van der Waals surface area contributed by atoms with Crippen LogP contribution in [-0.2, 0) is 4.79 Å². The molecule has 0 unspecified atom stereocenters. The van der Waals surface area contributed by atoms with E-state index in [2.05, 4.69) is 5.10 Å². The van der Waals surface area contributed by atoms with E-state index in [0.717, 1.165) is 24.3 Å². The van der Waals surface area contributed by atoms with E-state index in [1.807, 2.05) is 20.8 Å². The second-order valence-corrected chi connectivity index (χ2v) is 3.29. The summed E-state index contributed by atoms with van der Waals surface area (Å²) >= 11 is 0. The predicted molar refractivity (Wildman–Crippen MR) is 57.2 cm³/mol. The number of aliphatic carboxylic acids is 1. The average molecular weight is 198 g/mol. The second-order valence-electron chi connectivity index (χ2n) is 3.29. The van der Waals surface area contributed by atoms with E-state index in [9.17, 15) is 4.79 Å². The molecule has 14 heavy (non-hydrogen) atoms. The van der Waals surface area contributed by atoms with Gasteiger partial charge < -0.3 is 5.11 Å². The molecule has 80 valence electrons. The summed E-state index contributed by atoms with van der Waals surface area (Å²) < 4.78 is 0. The minimum Gasteiger partial charge on any atom is -0.478 e. The van der Waals surface area contributed by atoms with Crippen molar-refractivity contribution in [2.45, 2.75) is 33.6 Å². The van der Waals surface area contributed by atoms with Crippen LogP contribution in [0.25, 0.3) is 0 Å². The van der Waals surface area contributed by atoms with Gasteiger partial charge in [-0.05, 0) is 20.3 Å². The Hall–Kier alpha value is -1.32. The first kappa shape index (κ1) is 12.7. The highest BCUT2D eigenvalue weighted by Gasteiger charge is 2.04. The van der Waals surface area contributed by atoms with Gasteiger partial charge in [0.2, 0.25) is 0 Å². The molecule has 0 spiro atoms. The fraction of sp³-hybridized carbons (Fsp3) is 0.600. The molecule has 1 N–H and O–H groups in total. The van der Waals surface area contributed by atoms with Gasteiger partial charge in [-0.15, -0.1) is 0 Å². The third-order valence-corrected chi connectivity index (χ3v) is 1.56. The van der Waals surface area contributed by atoms with Crippen LogP contribution in [0.1, 0.15) is 33.6 Å². The lowest BCUT2D eigenvalue weighted by Crippen LogP contribution is -2.13. The molecule has 0 aliphatic heterocycles. The lowest BCUT2D eigenvalue weighted by Gasteiger charge is -2.16. The zero-order chi connectivity index (χ0) is 11.1. The Bertz CT molecular complexity index is 253. The Morgan fingerprint density at radius 2 is 2.07 bits per heavy atom. The first-order valence-electron chi connectivity index (χ1n) is 4.66. The van der Waals surface area contributed by atoms with E-state index in [-0.39, 0.29) is 0 Å². The number of hydrogen-bond acceptors (Lipinski definition) is 3. The zero-order valence-electron chi connectivity index (χ0n) is 9.24. The molecule has 0 heterocycles. The van der Waals surface area contributed by atoms with Gasteiger partial charge in [0.25, 0.3) is 0 Å². The van der Waals surface area contributed by atoms with Crippen LogP contribution >= 0.6 is 0 Å². The van der Waals surface area contributed by atoms with Gasteiger partial charge >= 0.3 is 5.97 Å². The maximum absolute atomic E-state index is 10.5. The van der Waals surface area contributed by atoms with Crippen LogP contribution < -0.4 is 0 Å². The van der Waals surface area contributed by atoms with Crippen LogP contribution in [0.5, 0.6) is 0 Å². The van der Waals surface area contributed by atoms with Gasteiger partial charge in [0.05, 0.1) is 0 Å². The molecular formula is C10H18N2O2. The summed E-state index contributed by atoms with van der Waals surface area (Å²) in [4.78, 5) is 10.5. The molecule has 0 rings (SSSR count). The molecule has 0 radical (unpaired) electrons. The van der Waals surface area contributed by atoms with Crippen molar-refractivity contribution in [2.24, 2.45) is 5.10 Å². The molecule has 0 fully saturated rings. The first-order valence-corrected chi connectivity index (χ1v) is 4.66. The lowest BCUT2D eigenvalue weighted by molar-refractivity contribution is -0.131. The van der Waals surface area contributed by atoms with Gasteiger partial charge in [0.1, 0.15) is 0 Å². The molecule has 0 aliphatic rings. The minimum absolute atomic E-state index is 0.722. The number of carboxylic acids is 1. The highest BCUT2D eigenvalue weighted by molar-refractivity contribution is 5.81. The number of carbonyl (C=O) groups is 1. The molecule has 0 aromatic carbocycles. The summed E-state index contributed by atoms with van der Waals surface area (Å²) in [5.41, 5.74) is 1.63. The molecule has 4 heteroatoms. The number of hydrogen-bond donors (Lipinski definition) is 1. The van der Waals surface area contributed by atoms with Crippen LogP contribution in [0.2, 0.25) is 0 Å². The monoisotopic (exact) mass is 198 g/mol. The number of allylic oxidation sites excluding steroid dienone is 1. The predicted octanol–water partition coefficient (Wildman–Crippen LogP) is 2.08. The Labute approximate surface area is 84.9 Å². The summed E-state index contributed by atoms with van der Waals surface area (Å²) in [5, 5.41) is 14.4. The van der Waals surface area contributed by atoms with Crippen molar-refractivity contribution in [3.05, 3.63) is 11.8 Å². The molecule has 0 bridgehead atoms. The fourth-order valence-corrected chi connectivity index (χ4v) is 1.09. The fourth-order valence-electron chi connectivity index (χ4n) is 1.09. The topological polar surface area (TPSA) is 52.9 Å². The van der Waals surface area contributed by atoms with Crippen LogP contribution in [0.4, 0.5) is 0 Å². The third kappa shape index (κ3) is 5.35. The summed E-state index contributed by atoms with van der Waals surface area (Å²) in [6.45, 7) is 5.76. The van der Waals surface area contributed by atoms with Gasteiger partial charge in [0, 0.05) is 24.5 Å². The molecule has 0 aliphatic carbocycles. The Morgan fingerprint density at radius 3 is 2.43 bits per heavy atom. The van der Waals surface area contributed by atoms with Gasteiger partial charge in [-0.1, -0.05) is 13.3 Å². The maximum atomic E-state index is 10.5. The van der Waals surface area contributed by atoms with Crippen molar-refractivity contribution in [3.8, 4) is 0 Å².